The number of benzene rings is 1. The van der Waals surface area contributed by atoms with Gasteiger partial charge < -0.3 is 5.73 Å². The number of rotatable bonds is 3. The minimum absolute atomic E-state index is 0.128. The first-order chi connectivity index (χ1) is 6.57. The fourth-order valence-electron chi connectivity index (χ4n) is 1.25. The van der Waals surface area contributed by atoms with Gasteiger partial charge in [0.2, 0.25) is 0 Å². The lowest BCUT2D eigenvalue weighted by Gasteiger charge is -2.07. The number of carbonyl (C=O) groups is 1. The van der Waals surface area contributed by atoms with Gasteiger partial charge >= 0.3 is 0 Å². The predicted molar refractivity (Wildman–Crippen MR) is 56.8 cm³/mol. The molecule has 76 valence electrons. The molecular weight excluding hydrogens is 249 g/mol. The van der Waals surface area contributed by atoms with E-state index < -0.39 is 5.82 Å². The number of halogens is 2. The van der Waals surface area contributed by atoms with Crippen LogP contribution >= 0.6 is 15.9 Å². The molecule has 0 aromatic heterocycles. The van der Waals surface area contributed by atoms with Crippen LogP contribution in [0.25, 0.3) is 0 Å². The smallest absolute Gasteiger partial charge is 0.165 e. The summed E-state index contributed by atoms with van der Waals surface area (Å²) in [6.45, 7) is 2.05. The lowest BCUT2D eigenvalue weighted by molar-refractivity contribution is 0.0983. The van der Waals surface area contributed by atoms with Gasteiger partial charge in [-0.15, -0.1) is 0 Å². The molecule has 2 N–H and O–H groups in total. The largest absolute Gasteiger partial charge is 0.330 e. The minimum atomic E-state index is -0.420. The van der Waals surface area contributed by atoms with Gasteiger partial charge in [0.05, 0.1) is 4.47 Å². The van der Waals surface area contributed by atoms with E-state index in [-0.39, 0.29) is 23.2 Å². The maximum absolute atomic E-state index is 13.1. The summed E-state index contributed by atoms with van der Waals surface area (Å²) in [7, 11) is 0. The Morgan fingerprint density at radius 3 is 2.79 bits per heavy atom. The zero-order chi connectivity index (χ0) is 10.7. The highest BCUT2D eigenvalue weighted by Crippen LogP contribution is 2.24. The predicted octanol–water partition coefficient (Wildman–Crippen LogP) is 2.43. The molecule has 1 aromatic carbocycles. The third kappa shape index (κ3) is 2.19. The van der Waals surface area contributed by atoms with Crippen LogP contribution in [0, 0.1) is 12.7 Å². The number of hydrogen-bond acceptors (Lipinski definition) is 2. The quantitative estimate of drug-likeness (QED) is 0.848. The highest BCUT2D eigenvalue weighted by atomic mass is 79.9. The molecule has 0 radical (unpaired) electrons. The summed E-state index contributed by atoms with van der Waals surface area (Å²) in [6, 6.07) is 2.92. The van der Waals surface area contributed by atoms with E-state index in [9.17, 15) is 9.18 Å². The summed E-state index contributed by atoms with van der Waals surface area (Å²) < 4.78 is 13.4. The van der Waals surface area contributed by atoms with Crippen molar-refractivity contribution in [2.75, 3.05) is 6.54 Å². The van der Waals surface area contributed by atoms with E-state index >= 15 is 0 Å². The highest BCUT2D eigenvalue weighted by molar-refractivity contribution is 9.10. The average Bonchev–Trinajstić information content (AvgIpc) is 2.13. The van der Waals surface area contributed by atoms with Gasteiger partial charge in [-0.3, -0.25) is 4.79 Å². The molecule has 0 amide bonds. The molecule has 0 spiro atoms. The van der Waals surface area contributed by atoms with Crippen LogP contribution in [-0.2, 0) is 0 Å². The van der Waals surface area contributed by atoms with Crippen LogP contribution in [0.1, 0.15) is 22.3 Å². The molecule has 0 fully saturated rings. The fourth-order valence-corrected chi connectivity index (χ4v) is 1.91. The lowest BCUT2D eigenvalue weighted by atomic mass is 10.0. The van der Waals surface area contributed by atoms with Crippen molar-refractivity contribution < 1.29 is 9.18 Å². The van der Waals surface area contributed by atoms with Gasteiger partial charge in [-0.1, -0.05) is 6.07 Å². The molecule has 2 nitrogen and oxygen atoms in total. The molecule has 0 aliphatic carbocycles. The Kier molecular flexibility index (Phi) is 3.77. The van der Waals surface area contributed by atoms with Crippen molar-refractivity contribution in [3.05, 3.63) is 33.5 Å². The molecule has 0 aliphatic heterocycles. The Morgan fingerprint density at radius 1 is 1.57 bits per heavy atom. The van der Waals surface area contributed by atoms with Gasteiger partial charge in [-0.05, 0) is 41.0 Å². The van der Waals surface area contributed by atoms with E-state index in [0.717, 1.165) is 5.56 Å². The lowest BCUT2D eigenvalue weighted by Crippen LogP contribution is -2.10. The number of ketones is 1. The third-order valence-corrected chi connectivity index (χ3v) is 2.73. The molecule has 14 heavy (non-hydrogen) atoms. The Labute approximate surface area is 90.4 Å². The van der Waals surface area contributed by atoms with Crippen LogP contribution in [0.4, 0.5) is 4.39 Å². The summed E-state index contributed by atoms with van der Waals surface area (Å²) in [4.78, 5) is 11.6. The first kappa shape index (κ1) is 11.3. The van der Waals surface area contributed by atoms with Crippen molar-refractivity contribution in [2.24, 2.45) is 5.73 Å². The van der Waals surface area contributed by atoms with Crippen LogP contribution in [0.3, 0.4) is 0 Å². The molecule has 0 atom stereocenters. The highest BCUT2D eigenvalue weighted by Gasteiger charge is 2.15. The monoisotopic (exact) mass is 259 g/mol. The minimum Gasteiger partial charge on any atom is -0.330 e. The van der Waals surface area contributed by atoms with Crippen LogP contribution in [0.2, 0.25) is 0 Å². The Balaban J connectivity index is 3.18. The van der Waals surface area contributed by atoms with Gasteiger partial charge in [-0.2, -0.15) is 0 Å². The second-order valence-electron chi connectivity index (χ2n) is 3.02. The van der Waals surface area contributed by atoms with E-state index in [1.165, 1.54) is 6.07 Å². The first-order valence-corrected chi connectivity index (χ1v) is 5.05. The zero-order valence-electron chi connectivity index (χ0n) is 7.81. The molecular formula is C10H11BrFNO. The number of carbonyl (C=O) groups excluding carboxylic acids is 1. The average molecular weight is 260 g/mol. The number of Topliss-reactive ketones (excluding diaryl/α,β-unsaturated/α-hetero) is 1. The van der Waals surface area contributed by atoms with Crippen molar-refractivity contribution in [1.29, 1.82) is 0 Å². The summed E-state index contributed by atoms with van der Waals surface area (Å²) in [5.74, 6) is -0.549. The molecule has 4 heteroatoms. The van der Waals surface area contributed by atoms with E-state index in [1.54, 1.807) is 13.0 Å². The zero-order valence-corrected chi connectivity index (χ0v) is 9.40. The van der Waals surface area contributed by atoms with E-state index in [2.05, 4.69) is 15.9 Å². The van der Waals surface area contributed by atoms with Gasteiger partial charge in [0.15, 0.2) is 5.78 Å². The second kappa shape index (κ2) is 4.66. The third-order valence-electron chi connectivity index (χ3n) is 1.95. The van der Waals surface area contributed by atoms with E-state index in [4.69, 9.17) is 5.73 Å². The normalized spacial score (nSPS) is 10.3. The summed E-state index contributed by atoms with van der Waals surface area (Å²) in [5, 5.41) is 0. The van der Waals surface area contributed by atoms with E-state index in [1.807, 2.05) is 0 Å². The SMILES string of the molecule is Cc1ccc(F)c(Br)c1C(=O)CCN. The van der Waals surface area contributed by atoms with Crippen molar-refractivity contribution >= 4 is 21.7 Å². The van der Waals surface area contributed by atoms with E-state index in [0.29, 0.717) is 5.56 Å². The molecule has 0 saturated carbocycles. The fraction of sp³-hybridized carbons (Fsp3) is 0.300. The number of hydrogen-bond donors (Lipinski definition) is 1. The standard InChI is InChI=1S/C10H11BrFNO/c1-6-2-3-7(12)10(11)9(6)8(14)4-5-13/h2-3H,4-5,13H2,1H3. The van der Waals surface area contributed by atoms with Crippen molar-refractivity contribution in [2.45, 2.75) is 13.3 Å². The number of aryl methyl sites for hydroxylation is 1. The molecule has 0 saturated heterocycles. The maximum atomic E-state index is 13.1. The molecule has 1 aromatic rings. The Morgan fingerprint density at radius 2 is 2.21 bits per heavy atom. The van der Waals surface area contributed by atoms with Crippen molar-refractivity contribution in [1.82, 2.24) is 0 Å². The Hall–Kier alpha value is -0.740. The van der Waals surface area contributed by atoms with Crippen LogP contribution in [-0.4, -0.2) is 12.3 Å². The summed E-state index contributed by atoms with van der Waals surface area (Å²) in [5.41, 5.74) is 6.43. The molecule has 0 bridgehead atoms. The van der Waals surface area contributed by atoms with Gasteiger partial charge in [0.1, 0.15) is 5.82 Å². The van der Waals surface area contributed by atoms with Crippen molar-refractivity contribution in [3.8, 4) is 0 Å². The maximum Gasteiger partial charge on any atom is 0.165 e. The molecule has 0 heterocycles. The molecule has 0 unspecified atom stereocenters. The van der Waals surface area contributed by atoms with Crippen LogP contribution < -0.4 is 5.73 Å². The Bertz CT molecular complexity index is 365. The number of nitrogens with two attached hydrogens (primary N) is 1. The summed E-state index contributed by atoms with van der Waals surface area (Å²) in [6.07, 6.45) is 0.239. The van der Waals surface area contributed by atoms with Crippen LogP contribution in [0.15, 0.2) is 16.6 Å². The molecule has 1 rings (SSSR count). The van der Waals surface area contributed by atoms with Crippen molar-refractivity contribution in [3.63, 3.8) is 0 Å². The summed E-state index contributed by atoms with van der Waals surface area (Å²) >= 11 is 3.06. The molecule has 0 aliphatic rings. The topological polar surface area (TPSA) is 43.1 Å². The van der Waals surface area contributed by atoms with Gasteiger partial charge in [-0.25, -0.2) is 4.39 Å². The second-order valence-corrected chi connectivity index (χ2v) is 3.81. The van der Waals surface area contributed by atoms with Gasteiger partial charge in [0.25, 0.3) is 0 Å². The van der Waals surface area contributed by atoms with Crippen LogP contribution in [0.5, 0.6) is 0 Å². The van der Waals surface area contributed by atoms with Gasteiger partial charge in [0, 0.05) is 12.0 Å². The first-order valence-electron chi connectivity index (χ1n) is 4.25.